The molecule has 0 unspecified atom stereocenters. The summed E-state index contributed by atoms with van der Waals surface area (Å²) >= 11 is 3.96. The molecule has 0 saturated carbocycles. The number of rotatable bonds is 1. The molecule has 1 aromatic carbocycles. The fourth-order valence-corrected chi connectivity index (χ4v) is 3.15. The molecule has 0 aromatic heterocycles. The molecule has 0 aliphatic carbocycles. The summed E-state index contributed by atoms with van der Waals surface area (Å²) in [6, 6.07) is 6.58. The van der Waals surface area contributed by atoms with E-state index in [1.165, 1.54) is 6.07 Å². The van der Waals surface area contributed by atoms with Crippen LogP contribution in [0.3, 0.4) is 0 Å². The van der Waals surface area contributed by atoms with E-state index in [9.17, 15) is 13.2 Å². The molecule has 1 saturated heterocycles. The number of hydrogen-bond donors (Lipinski definition) is 2. The number of sulfone groups is 1. The molecule has 17 heavy (non-hydrogen) atoms. The molecule has 1 heterocycles. The quantitative estimate of drug-likeness (QED) is 0.767. The lowest BCUT2D eigenvalue weighted by Crippen LogP contribution is -1.98. The van der Waals surface area contributed by atoms with Gasteiger partial charge < -0.3 is 5.11 Å². The van der Waals surface area contributed by atoms with Crippen LogP contribution in [-0.4, -0.2) is 31.0 Å². The van der Waals surface area contributed by atoms with Crippen molar-refractivity contribution in [2.75, 3.05) is 11.5 Å². The molecule has 4 nitrogen and oxygen atoms in total. The molecule has 0 amide bonds. The van der Waals surface area contributed by atoms with Crippen molar-refractivity contribution >= 4 is 28.4 Å². The lowest BCUT2D eigenvalue weighted by molar-refractivity contribution is 0.0693. The summed E-state index contributed by atoms with van der Waals surface area (Å²) in [5.41, 5.74) is 0.242. The predicted molar refractivity (Wildman–Crippen MR) is 68.5 cm³/mol. The van der Waals surface area contributed by atoms with Crippen molar-refractivity contribution in [2.45, 2.75) is 17.7 Å². The Morgan fingerprint density at radius 3 is 2.00 bits per heavy atom. The molecule has 6 heteroatoms. The van der Waals surface area contributed by atoms with Gasteiger partial charge >= 0.3 is 5.97 Å². The zero-order valence-electron chi connectivity index (χ0n) is 9.17. The average molecular weight is 274 g/mol. The average Bonchev–Trinajstić information content (AvgIpc) is 2.64. The van der Waals surface area contributed by atoms with E-state index in [4.69, 9.17) is 5.11 Å². The maximum Gasteiger partial charge on any atom is 0.336 e. The van der Waals surface area contributed by atoms with E-state index >= 15 is 0 Å². The summed E-state index contributed by atoms with van der Waals surface area (Å²) in [7, 11) is -2.55. The van der Waals surface area contributed by atoms with Crippen LogP contribution < -0.4 is 0 Å². The number of aromatic carboxylic acids is 1. The maximum absolute atomic E-state index is 10.4. The molecule has 94 valence electrons. The van der Waals surface area contributed by atoms with Gasteiger partial charge in [0.05, 0.1) is 17.1 Å². The van der Waals surface area contributed by atoms with E-state index in [0.29, 0.717) is 16.4 Å². The molecule has 1 aliphatic heterocycles. The molecular formula is C11H14O4S2. The first-order valence-corrected chi connectivity index (χ1v) is 7.41. The van der Waals surface area contributed by atoms with Crippen molar-refractivity contribution < 1.29 is 18.3 Å². The van der Waals surface area contributed by atoms with Crippen LogP contribution >= 0.6 is 12.6 Å². The van der Waals surface area contributed by atoms with Crippen molar-refractivity contribution in [1.82, 2.24) is 0 Å². The molecule has 0 bridgehead atoms. The van der Waals surface area contributed by atoms with Crippen molar-refractivity contribution in [3.63, 3.8) is 0 Å². The molecule has 2 rings (SSSR count). The standard InChI is InChI=1S/C7H6O2S.C4H8O2S/c8-7(9)5-3-1-2-4-6(5)10;5-7(6)3-1-2-4-7/h1-4,10H,(H,8,9);1-4H2. The van der Waals surface area contributed by atoms with Crippen LogP contribution in [0.15, 0.2) is 29.2 Å². The van der Waals surface area contributed by atoms with Crippen molar-refractivity contribution in [3.8, 4) is 0 Å². The topological polar surface area (TPSA) is 71.4 Å². The van der Waals surface area contributed by atoms with Gasteiger partial charge in [0.1, 0.15) is 9.84 Å². The lowest BCUT2D eigenvalue weighted by Gasteiger charge is -1.95. The zero-order chi connectivity index (χ0) is 12.9. The second-order valence-electron chi connectivity index (χ2n) is 3.68. The minimum absolute atomic E-state index is 0.242. The Labute approximate surface area is 106 Å². The first-order chi connectivity index (χ1) is 7.92. The Morgan fingerprint density at radius 2 is 1.71 bits per heavy atom. The summed E-state index contributed by atoms with van der Waals surface area (Å²) in [4.78, 5) is 10.9. The molecule has 1 N–H and O–H groups in total. The fourth-order valence-electron chi connectivity index (χ4n) is 1.40. The zero-order valence-corrected chi connectivity index (χ0v) is 10.9. The van der Waals surface area contributed by atoms with E-state index in [1.54, 1.807) is 18.2 Å². The van der Waals surface area contributed by atoms with Gasteiger partial charge in [-0.3, -0.25) is 0 Å². The fraction of sp³-hybridized carbons (Fsp3) is 0.364. The van der Waals surface area contributed by atoms with Crippen LogP contribution in [0.4, 0.5) is 0 Å². The van der Waals surface area contributed by atoms with Crippen LogP contribution in [0.5, 0.6) is 0 Å². The first kappa shape index (κ1) is 14.1. The number of carboxylic acids is 1. The van der Waals surface area contributed by atoms with E-state index < -0.39 is 15.8 Å². The number of carbonyl (C=O) groups is 1. The third-order valence-corrected chi connectivity index (χ3v) is 4.51. The Morgan fingerprint density at radius 1 is 1.18 bits per heavy atom. The number of benzene rings is 1. The lowest BCUT2D eigenvalue weighted by atomic mass is 10.2. The Balaban J connectivity index is 0.000000181. The van der Waals surface area contributed by atoms with Gasteiger partial charge in [-0.15, -0.1) is 12.6 Å². The predicted octanol–water partition coefficient (Wildman–Crippen LogP) is 1.87. The van der Waals surface area contributed by atoms with E-state index in [2.05, 4.69) is 12.6 Å². The highest BCUT2D eigenvalue weighted by Crippen LogP contribution is 2.11. The van der Waals surface area contributed by atoms with Crippen LogP contribution in [-0.2, 0) is 9.84 Å². The number of carboxylic acid groups (broad SMARTS) is 1. The van der Waals surface area contributed by atoms with Crippen LogP contribution in [0.25, 0.3) is 0 Å². The van der Waals surface area contributed by atoms with Gasteiger partial charge in [0.2, 0.25) is 0 Å². The van der Waals surface area contributed by atoms with E-state index in [-0.39, 0.29) is 5.56 Å². The monoisotopic (exact) mass is 274 g/mol. The smallest absolute Gasteiger partial charge is 0.336 e. The highest BCUT2D eigenvalue weighted by molar-refractivity contribution is 7.91. The molecule has 1 fully saturated rings. The van der Waals surface area contributed by atoms with Gasteiger partial charge in [-0.05, 0) is 25.0 Å². The SMILES string of the molecule is O=C(O)c1ccccc1S.O=S1(=O)CCCC1. The first-order valence-electron chi connectivity index (χ1n) is 5.14. The second-order valence-corrected chi connectivity index (χ2v) is 6.47. The summed E-state index contributed by atoms with van der Waals surface area (Å²) in [5, 5.41) is 8.52. The Kier molecular flexibility index (Phi) is 5.02. The summed E-state index contributed by atoms with van der Waals surface area (Å²) in [5.74, 6) is -0.0920. The number of thiol groups is 1. The molecule has 1 aliphatic rings. The second kappa shape index (κ2) is 6.07. The minimum atomic E-state index is -2.55. The van der Waals surface area contributed by atoms with Crippen molar-refractivity contribution in [3.05, 3.63) is 29.8 Å². The highest BCUT2D eigenvalue weighted by atomic mass is 32.2. The molecular weight excluding hydrogens is 260 g/mol. The van der Waals surface area contributed by atoms with Gasteiger partial charge in [0.15, 0.2) is 0 Å². The van der Waals surface area contributed by atoms with E-state index in [0.717, 1.165) is 12.8 Å². The van der Waals surface area contributed by atoms with Gasteiger partial charge in [0, 0.05) is 4.90 Å². The van der Waals surface area contributed by atoms with Crippen LogP contribution in [0.2, 0.25) is 0 Å². The van der Waals surface area contributed by atoms with Crippen molar-refractivity contribution in [1.29, 1.82) is 0 Å². The normalized spacial score (nSPS) is 17.0. The van der Waals surface area contributed by atoms with Gasteiger partial charge in [0.25, 0.3) is 0 Å². The number of hydrogen-bond acceptors (Lipinski definition) is 4. The van der Waals surface area contributed by atoms with Crippen LogP contribution in [0, 0.1) is 0 Å². The van der Waals surface area contributed by atoms with E-state index in [1.807, 2.05) is 0 Å². The minimum Gasteiger partial charge on any atom is -0.478 e. The largest absolute Gasteiger partial charge is 0.478 e. The Hall–Kier alpha value is -1.01. The van der Waals surface area contributed by atoms with Gasteiger partial charge in [-0.1, -0.05) is 12.1 Å². The van der Waals surface area contributed by atoms with Crippen LogP contribution in [0.1, 0.15) is 23.2 Å². The van der Waals surface area contributed by atoms with Crippen molar-refractivity contribution in [2.24, 2.45) is 0 Å². The molecule has 0 radical (unpaired) electrons. The molecule has 0 atom stereocenters. The third-order valence-electron chi connectivity index (χ3n) is 2.30. The third kappa shape index (κ3) is 4.79. The van der Waals surface area contributed by atoms with Gasteiger partial charge in [-0.2, -0.15) is 0 Å². The molecule has 1 aromatic rings. The highest BCUT2D eigenvalue weighted by Gasteiger charge is 2.16. The summed E-state index contributed by atoms with van der Waals surface area (Å²) in [6.07, 6.45) is 1.75. The van der Waals surface area contributed by atoms with Gasteiger partial charge in [-0.25, -0.2) is 13.2 Å². The molecule has 0 spiro atoms. The maximum atomic E-state index is 10.4. The summed E-state index contributed by atoms with van der Waals surface area (Å²) in [6.45, 7) is 0. The Bertz CT molecular complexity index is 482. The summed E-state index contributed by atoms with van der Waals surface area (Å²) < 4.78 is 20.9.